The first-order valence-electron chi connectivity index (χ1n) is 7.74. The fourth-order valence-electron chi connectivity index (χ4n) is 3.34. The van der Waals surface area contributed by atoms with E-state index in [1.807, 2.05) is 30.1 Å². The number of hydrogen-bond acceptors (Lipinski definition) is 1. The Labute approximate surface area is 133 Å². The molecule has 1 aromatic heterocycles. The zero-order valence-electron chi connectivity index (χ0n) is 12.9. The van der Waals surface area contributed by atoms with Crippen molar-refractivity contribution in [2.24, 2.45) is 7.05 Å². The maximum atomic E-state index is 13.4. The maximum Gasteiger partial charge on any atom is 0.270 e. The molecule has 0 N–H and O–H groups in total. The Hall–Kier alpha value is -2.62. The summed E-state index contributed by atoms with van der Waals surface area (Å²) in [5.74, 6) is -0.289. The van der Waals surface area contributed by atoms with Gasteiger partial charge >= 0.3 is 0 Å². The Morgan fingerprint density at radius 1 is 1.09 bits per heavy atom. The number of carbonyl (C=O) groups excluding carboxylic acids is 1. The van der Waals surface area contributed by atoms with Crippen LogP contribution in [0.3, 0.4) is 0 Å². The van der Waals surface area contributed by atoms with Crippen molar-refractivity contribution >= 4 is 16.8 Å². The van der Waals surface area contributed by atoms with Crippen LogP contribution in [0.4, 0.5) is 4.39 Å². The van der Waals surface area contributed by atoms with Crippen LogP contribution >= 0.6 is 0 Å². The summed E-state index contributed by atoms with van der Waals surface area (Å²) in [5.41, 5.74) is 3.86. The van der Waals surface area contributed by atoms with Crippen LogP contribution in [-0.2, 0) is 20.0 Å². The molecule has 116 valence electrons. The highest BCUT2D eigenvalue weighted by Crippen LogP contribution is 2.24. The molecule has 23 heavy (non-hydrogen) atoms. The molecule has 0 aliphatic carbocycles. The molecule has 0 atom stereocenters. The molecule has 2 aromatic carbocycles. The van der Waals surface area contributed by atoms with Crippen LogP contribution in [0, 0.1) is 5.82 Å². The van der Waals surface area contributed by atoms with Crippen LogP contribution in [-0.4, -0.2) is 21.9 Å². The number of carbonyl (C=O) groups is 1. The van der Waals surface area contributed by atoms with Gasteiger partial charge in [-0.05, 0) is 41.8 Å². The maximum absolute atomic E-state index is 13.4. The van der Waals surface area contributed by atoms with Crippen LogP contribution < -0.4 is 0 Å². The lowest BCUT2D eigenvalue weighted by atomic mass is 10.00. The summed E-state index contributed by atoms with van der Waals surface area (Å²) in [4.78, 5) is 14.8. The van der Waals surface area contributed by atoms with E-state index in [-0.39, 0.29) is 11.7 Å². The minimum absolute atomic E-state index is 0.00129. The fourth-order valence-corrected chi connectivity index (χ4v) is 3.34. The van der Waals surface area contributed by atoms with Gasteiger partial charge in [0, 0.05) is 25.5 Å². The van der Waals surface area contributed by atoms with E-state index >= 15 is 0 Å². The summed E-state index contributed by atoms with van der Waals surface area (Å²) < 4.78 is 15.2. The quantitative estimate of drug-likeness (QED) is 0.675. The zero-order valence-corrected chi connectivity index (χ0v) is 12.9. The first-order valence-corrected chi connectivity index (χ1v) is 7.74. The lowest BCUT2D eigenvalue weighted by Crippen LogP contribution is -2.36. The highest BCUT2D eigenvalue weighted by molar-refractivity contribution is 5.98. The fraction of sp³-hybridized carbons (Fsp3) is 0.211. The predicted octanol–water partition coefficient (Wildman–Crippen LogP) is 3.52. The minimum atomic E-state index is -0.287. The standard InChI is InChI=1S/C19H17FN2O/c1-21-17-11-16(20)7-6-14(17)10-18(21)19(23)22-9-8-13-4-2-3-5-15(13)12-22/h2-7,10-11H,8-9,12H2,1H3. The van der Waals surface area contributed by atoms with Crippen molar-refractivity contribution in [3.05, 3.63) is 71.2 Å². The molecule has 4 rings (SSSR count). The second-order valence-corrected chi connectivity index (χ2v) is 6.04. The molecule has 2 heterocycles. The number of rotatable bonds is 1. The number of nitrogens with zero attached hydrogens (tertiary/aromatic N) is 2. The van der Waals surface area contributed by atoms with Gasteiger partial charge in [0.05, 0.1) is 5.52 Å². The van der Waals surface area contributed by atoms with Crippen LogP contribution in [0.2, 0.25) is 0 Å². The van der Waals surface area contributed by atoms with Crippen molar-refractivity contribution in [1.29, 1.82) is 0 Å². The predicted molar refractivity (Wildman–Crippen MR) is 87.8 cm³/mol. The van der Waals surface area contributed by atoms with Crippen molar-refractivity contribution in [2.45, 2.75) is 13.0 Å². The molecule has 3 nitrogen and oxygen atoms in total. The third kappa shape index (κ3) is 2.31. The molecule has 0 unspecified atom stereocenters. The van der Waals surface area contributed by atoms with Gasteiger partial charge in [0.15, 0.2) is 0 Å². The topological polar surface area (TPSA) is 25.2 Å². The molecule has 1 amide bonds. The minimum Gasteiger partial charge on any atom is -0.340 e. The summed E-state index contributed by atoms with van der Waals surface area (Å²) >= 11 is 0. The van der Waals surface area contributed by atoms with Crippen LogP contribution in [0.25, 0.3) is 10.9 Å². The number of halogens is 1. The Balaban J connectivity index is 1.69. The van der Waals surface area contributed by atoms with Gasteiger partial charge in [-0.25, -0.2) is 4.39 Å². The number of fused-ring (bicyclic) bond motifs is 2. The van der Waals surface area contributed by atoms with Crippen molar-refractivity contribution in [3.63, 3.8) is 0 Å². The summed E-state index contributed by atoms with van der Waals surface area (Å²) in [6, 6.07) is 14.7. The molecule has 0 fully saturated rings. The molecule has 0 saturated carbocycles. The van der Waals surface area contributed by atoms with Gasteiger partial charge in [-0.1, -0.05) is 24.3 Å². The highest BCUT2D eigenvalue weighted by Gasteiger charge is 2.24. The monoisotopic (exact) mass is 308 g/mol. The van der Waals surface area contributed by atoms with E-state index < -0.39 is 0 Å². The third-order valence-electron chi connectivity index (χ3n) is 4.64. The number of aromatic nitrogens is 1. The van der Waals surface area contributed by atoms with Crippen molar-refractivity contribution < 1.29 is 9.18 Å². The van der Waals surface area contributed by atoms with Gasteiger partial charge in [-0.15, -0.1) is 0 Å². The van der Waals surface area contributed by atoms with Gasteiger partial charge in [0.25, 0.3) is 5.91 Å². The number of amides is 1. The number of aryl methyl sites for hydroxylation is 1. The van der Waals surface area contributed by atoms with Gasteiger partial charge in [0.1, 0.15) is 11.5 Å². The SMILES string of the molecule is Cn1c(C(=O)N2CCc3ccccc3C2)cc2ccc(F)cc21. The Bertz CT molecular complexity index is 913. The molecule has 0 radical (unpaired) electrons. The second-order valence-electron chi connectivity index (χ2n) is 6.04. The molecule has 0 saturated heterocycles. The van der Waals surface area contributed by atoms with E-state index in [0.29, 0.717) is 18.8 Å². The molecule has 1 aliphatic rings. The Morgan fingerprint density at radius 2 is 1.87 bits per heavy atom. The smallest absolute Gasteiger partial charge is 0.270 e. The Kier molecular flexibility index (Phi) is 3.18. The van der Waals surface area contributed by atoms with Gasteiger partial charge in [-0.2, -0.15) is 0 Å². The van der Waals surface area contributed by atoms with Crippen molar-refractivity contribution in [1.82, 2.24) is 9.47 Å². The van der Waals surface area contributed by atoms with E-state index in [2.05, 4.69) is 12.1 Å². The lowest BCUT2D eigenvalue weighted by molar-refractivity contribution is 0.0725. The van der Waals surface area contributed by atoms with E-state index in [0.717, 1.165) is 17.3 Å². The summed E-state index contributed by atoms with van der Waals surface area (Å²) in [6.07, 6.45) is 0.875. The summed E-state index contributed by atoms with van der Waals surface area (Å²) in [7, 11) is 1.81. The van der Waals surface area contributed by atoms with Crippen LogP contribution in [0.5, 0.6) is 0 Å². The van der Waals surface area contributed by atoms with E-state index in [1.54, 1.807) is 10.6 Å². The normalized spacial score (nSPS) is 14.1. The summed E-state index contributed by atoms with van der Waals surface area (Å²) in [5, 5.41) is 0.884. The van der Waals surface area contributed by atoms with Gasteiger partial charge in [-0.3, -0.25) is 4.79 Å². The molecular weight excluding hydrogens is 291 g/mol. The Morgan fingerprint density at radius 3 is 2.70 bits per heavy atom. The van der Waals surface area contributed by atoms with Crippen molar-refractivity contribution in [2.75, 3.05) is 6.54 Å². The number of benzene rings is 2. The average molecular weight is 308 g/mol. The first-order chi connectivity index (χ1) is 11.1. The molecule has 3 aromatic rings. The average Bonchev–Trinajstić information content (AvgIpc) is 2.90. The molecule has 0 bridgehead atoms. The molecule has 0 spiro atoms. The zero-order chi connectivity index (χ0) is 16.0. The first kappa shape index (κ1) is 14.0. The van der Waals surface area contributed by atoms with E-state index in [9.17, 15) is 9.18 Å². The molecule has 1 aliphatic heterocycles. The van der Waals surface area contributed by atoms with Crippen LogP contribution in [0.1, 0.15) is 21.6 Å². The van der Waals surface area contributed by atoms with E-state index in [4.69, 9.17) is 0 Å². The second kappa shape index (κ2) is 5.23. The number of hydrogen-bond donors (Lipinski definition) is 0. The van der Waals surface area contributed by atoms with Crippen molar-refractivity contribution in [3.8, 4) is 0 Å². The lowest BCUT2D eigenvalue weighted by Gasteiger charge is -2.29. The van der Waals surface area contributed by atoms with Gasteiger partial charge < -0.3 is 9.47 Å². The third-order valence-corrected chi connectivity index (χ3v) is 4.64. The van der Waals surface area contributed by atoms with E-state index in [1.165, 1.54) is 23.3 Å². The molecule has 4 heteroatoms. The largest absolute Gasteiger partial charge is 0.340 e. The summed E-state index contributed by atoms with van der Waals surface area (Å²) in [6.45, 7) is 1.34. The van der Waals surface area contributed by atoms with Gasteiger partial charge in [0.2, 0.25) is 0 Å². The highest BCUT2D eigenvalue weighted by atomic mass is 19.1. The molecular formula is C19H17FN2O. The van der Waals surface area contributed by atoms with Crippen LogP contribution in [0.15, 0.2) is 48.5 Å².